The van der Waals surface area contributed by atoms with E-state index in [-0.39, 0.29) is 11.8 Å². The summed E-state index contributed by atoms with van der Waals surface area (Å²) in [7, 11) is 0. The standard InChI is InChI=1S/C25H32F2N4O2/c1-18(2)23(29-24(32)22-20(26)9-6-10-21(22)27)25(33)28-11-12-30-13-15-31(16-14-30)17-19-7-4-3-5-8-19/h3-10,18,23H,11-17H2,1-2H3,(H,28,33)(H,29,32)/t23-/m0/s1. The Labute approximate surface area is 194 Å². The molecule has 1 aliphatic rings. The Bertz CT molecular complexity index is 911. The summed E-state index contributed by atoms with van der Waals surface area (Å²) in [5.74, 6) is -3.46. The van der Waals surface area contributed by atoms with E-state index in [4.69, 9.17) is 0 Å². The summed E-state index contributed by atoms with van der Waals surface area (Å²) in [5.41, 5.74) is 0.625. The number of amides is 2. The van der Waals surface area contributed by atoms with Gasteiger partial charge < -0.3 is 10.6 Å². The molecular weight excluding hydrogens is 426 g/mol. The molecule has 0 radical (unpaired) electrons. The maximum absolute atomic E-state index is 13.9. The number of carbonyl (C=O) groups is 2. The number of carbonyl (C=O) groups excluding carboxylic acids is 2. The number of nitrogens with one attached hydrogen (secondary N) is 2. The highest BCUT2D eigenvalue weighted by molar-refractivity contribution is 5.98. The third-order valence-corrected chi connectivity index (χ3v) is 5.87. The molecule has 0 aromatic heterocycles. The Kier molecular flexibility index (Phi) is 8.91. The predicted molar refractivity (Wildman–Crippen MR) is 124 cm³/mol. The lowest BCUT2D eigenvalue weighted by Gasteiger charge is -2.34. The first-order valence-corrected chi connectivity index (χ1v) is 11.4. The zero-order chi connectivity index (χ0) is 23.8. The number of benzene rings is 2. The van der Waals surface area contributed by atoms with Gasteiger partial charge in [-0.2, -0.15) is 0 Å². The van der Waals surface area contributed by atoms with Crippen molar-refractivity contribution < 1.29 is 18.4 Å². The molecule has 6 nitrogen and oxygen atoms in total. The van der Waals surface area contributed by atoms with Crippen LogP contribution < -0.4 is 10.6 Å². The molecule has 0 aliphatic carbocycles. The van der Waals surface area contributed by atoms with Crippen LogP contribution in [0.5, 0.6) is 0 Å². The van der Waals surface area contributed by atoms with Crippen LogP contribution in [0.4, 0.5) is 8.78 Å². The molecule has 1 saturated heterocycles. The van der Waals surface area contributed by atoms with Crippen LogP contribution in [0.15, 0.2) is 48.5 Å². The van der Waals surface area contributed by atoms with E-state index in [1.54, 1.807) is 13.8 Å². The first-order chi connectivity index (χ1) is 15.8. The van der Waals surface area contributed by atoms with Crippen LogP contribution >= 0.6 is 0 Å². The van der Waals surface area contributed by atoms with E-state index in [0.29, 0.717) is 13.1 Å². The molecule has 2 aromatic carbocycles. The minimum atomic E-state index is -0.957. The van der Waals surface area contributed by atoms with Crippen LogP contribution in [-0.2, 0) is 11.3 Å². The fourth-order valence-corrected chi connectivity index (χ4v) is 3.92. The van der Waals surface area contributed by atoms with Crippen molar-refractivity contribution in [2.75, 3.05) is 39.3 Å². The molecule has 0 spiro atoms. The summed E-state index contributed by atoms with van der Waals surface area (Å²) < 4.78 is 27.8. The van der Waals surface area contributed by atoms with E-state index in [0.717, 1.165) is 44.9 Å². The SMILES string of the molecule is CC(C)[C@H](NC(=O)c1c(F)cccc1F)C(=O)NCCN1CCN(Cc2ccccc2)CC1. The van der Waals surface area contributed by atoms with Gasteiger partial charge in [0.25, 0.3) is 5.91 Å². The molecule has 0 bridgehead atoms. The minimum absolute atomic E-state index is 0.245. The molecule has 2 amide bonds. The molecule has 3 rings (SSSR count). The van der Waals surface area contributed by atoms with Crippen LogP contribution in [0.1, 0.15) is 29.8 Å². The lowest BCUT2D eigenvalue weighted by atomic mass is 10.0. The topological polar surface area (TPSA) is 64.7 Å². The van der Waals surface area contributed by atoms with Gasteiger partial charge >= 0.3 is 0 Å². The van der Waals surface area contributed by atoms with Crippen LogP contribution in [0, 0.1) is 17.6 Å². The normalized spacial score (nSPS) is 15.9. The number of hydrogen-bond acceptors (Lipinski definition) is 4. The van der Waals surface area contributed by atoms with Crippen molar-refractivity contribution in [2.24, 2.45) is 5.92 Å². The summed E-state index contributed by atoms with van der Waals surface area (Å²) in [6, 6.07) is 12.7. The van der Waals surface area contributed by atoms with Crippen molar-refractivity contribution in [2.45, 2.75) is 26.4 Å². The van der Waals surface area contributed by atoms with Crippen molar-refractivity contribution in [3.8, 4) is 0 Å². The Morgan fingerprint density at radius 2 is 1.52 bits per heavy atom. The second kappa shape index (κ2) is 11.9. The van der Waals surface area contributed by atoms with Crippen molar-refractivity contribution in [3.63, 3.8) is 0 Å². The van der Waals surface area contributed by atoms with Gasteiger partial charge in [0.15, 0.2) is 0 Å². The van der Waals surface area contributed by atoms with Crippen molar-refractivity contribution in [1.82, 2.24) is 20.4 Å². The van der Waals surface area contributed by atoms with Gasteiger partial charge in [0.2, 0.25) is 5.91 Å². The first kappa shape index (κ1) is 24.8. The highest BCUT2D eigenvalue weighted by Crippen LogP contribution is 2.13. The fraction of sp³-hybridized carbons (Fsp3) is 0.440. The molecule has 33 heavy (non-hydrogen) atoms. The van der Waals surface area contributed by atoms with E-state index in [2.05, 4.69) is 32.6 Å². The average molecular weight is 459 g/mol. The van der Waals surface area contributed by atoms with E-state index in [1.165, 1.54) is 11.6 Å². The Balaban J connectivity index is 1.43. The molecule has 1 atom stereocenters. The number of hydrogen-bond donors (Lipinski definition) is 2. The fourth-order valence-electron chi connectivity index (χ4n) is 3.92. The molecule has 8 heteroatoms. The lowest BCUT2D eigenvalue weighted by molar-refractivity contribution is -0.124. The first-order valence-electron chi connectivity index (χ1n) is 11.4. The number of halogens is 2. The van der Waals surface area contributed by atoms with Gasteiger partial charge in [0.05, 0.1) is 0 Å². The highest BCUT2D eigenvalue weighted by atomic mass is 19.1. The molecule has 0 saturated carbocycles. The molecule has 178 valence electrons. The summed E-state index contributed by atoms with van der Waals surface area (Å²) in [4.78, 5) is 29.8. The van der Waals surface area contributed by atoms with Crippen molar-refractivity contribution in [3.05, 3.63) is 71.3 Å². The highest BCUT2D eigenvalue weighted by Gasteiger charge is 2.27. The molecule has 1 fully saturated rings. The van der Waals surface area contributed by atoms with Crippen molar-refractivity contribution in [1.29, 1.82) is 0 Å². The van der Waals surface area contributed by atoms with Gasteiger partial charge in [0.1, 0.15) is 23.2 Å². The molecule has 1 aliphatic heterocycles. The largest absolute Gasteiger partial charge is 0.353 e. The van der Waals surface area contributed by atoms with E-state index < -0.39 is 29.1 Å². The van der Waals surface area contributed by atoms with Crippen LogP contribution in [0.3, 0.4) is 0 Å². The Morgan fingerprint density at radius 1 is 0.909 bits per heavy atom. The summed E-state index contributed by atoms with van der Waals surface area (Å²) >= 11 is 0. The summed E-state index contributed by atoms with van der Waals surface area (Å²) in [6.07, 6.45) is 0. The minimum Gasteiger partial charge on any atom is -0.353 e. The third kappa shape index (κ3) is 7.07. The second-order valence-electron chi connectivity index (χ2n) is 8.69. The molecule has 2 aromatic rings. The van der Waals surface area contributed by atoms with E-state index >= 15 is 0 Å². The monoisotopic (exact) mass is 458 g/mol. The second-order valence-corrected chi connectivity index (χ2v) is 8.69. The lowest BCUT2D eigenvalue weighted by Crippen LogP contribution is -2.52. The molecule has 2 N–H and O–H groups in total. The van der Waals surface area contributed by atoms with Crippen LogP contribution in [-0.4, -0.2) is 66.9 Å². The van der Waals surface area contributed by atoms with Gasteiger partial charge in [-0.3, -0.25) is 19.4 Å². The third-order valence-electron chi connectivity index (χ3n) is 5.87. The number of nitrogens with zero attached hydrogens (tertiary/aromatic N) is 2. The van der Waals surface area contributed by atoms with E-state index in [1.807, 2.05) is 18.2 Å². The predicted octanol–water partition coefficient (Wildman–Crippen LogP) is 2.65. The van der Waals surface area contributed by atoms with Crippen LogP contribution in [0.2, 0.25) is 0 Å². The van der Waals surface area contributed by atoms with Crippen molar-refractivity contribution >= 4 is 11.8 Å². The van der Waals surface area contributed by atoms with Gasteiger partial charge in [-0.1, -0.05) is 50.2 Å². The number of rotatable bonds is 9. The average Bonchev–Trinajstić information content (AvgIpc) is 2.79. The summed E-state index contributed by atoms with van der Waals surface area (Å²) in [5, 5.41) is 5.33. The van der Waals surface area contributed by atoms with E-state index in [9.17, 15) is 18.4 Å². The maximum atomic E-state index is 13.9. The Morgan fingerprint density at radius 3 is 2.12 bits per heavy atom. The van der Waals surface area contributed by atoms with Gasteiger partial charge in [-0.05, 0) is 23.6 Å². The van der Waals surface area contributed by atoms with Gasteiger partial charge in [-0.25, -0.2) is 8.78 Å². The van der Waals surface area contributed by atoms with Gasteiger partial charge in [-0.15, -0.1) is 0 Å². The number of piperazine rings is 1. The molecule has 1 heterocycles. The summed E-state index contributed by atoms with van der Waals surface area (Å²) in [6.45, 7) is 9.37. The maximum Gasteiger partial charge on any atom is 0.257 e. The zero-order valence-corrected chi connectivity index (χ0v) is 19.2. The zero-order valence-electron chi connectivity index (χ0n) is 19.2. The molecule has 0 unspecified atom stereocenters. The quantitative estimate of drug-likeness (QED) is 0.607. The van der Waals surface area contributed by atoms with Gasteiger partial charge in [0, 0.05) is 45.8 Å². The smallest absolute Gasteiger partial charge is 0.257 e. The van der Waals surface area contributed by atoms with Crippen LogP contribution in [0.25, 0.3) is 0 Å². The Hall–Kier alpha value is -2.84. The molecular formula is C25H32F2N4O2.